The van der Waals surface area contributed by atoms with Gasteiger partial charge in [0.15, 0.2) is 5.34 Å². The van der Waals surface area contributed by atoms with Crippen molar-refractivity contribution in [2.75, 3.05) is 0 Å². The van der Waals surface area contributed by atoms with Gasteiger partial charge in [0, 0.05) is 0 Å². The Kier molecular flexibility index (Phi) is 17.1. The smallest absolute Gasteiger partial charge is 0.336 e. The fourth-order valence-electron chi connectivity index (χ4n) is 3.12. The molecule has 0 heterocycles. The van der Waals surface area contributed by atoms with Gasteiger partial charge >= 0.3 is 11.9 Å². The summed E-state index contributed by atoms with van der Waals surface area (Å²) in [5.74, 6) is -2.46. The van der Waals surface area contributed by atoms with Crippen LogP contribution in [-0.2, 0) is 4.84 Å². The molecule has 0 saturated carbocycles. The van der Waals surface area contributed by atoms with Crippen molar-refractivity contribution in [3.8, 4) is 0 Å². The molecule has 7 heteroatoms. The third-order valence-electron chi connectivity index (χ3n) is 4.84. The van der Waals surface area contributed by atoms with Crippen LogP contribution in [0.5, 0.6) is 0 Å². The number of benzene rings is 1. The van der Waals surface area contributed by atoms with Crippen molar-refractivity contribution in [1.82, 2.24) is 0 Å². The van der Waals surface area contributed by atoms with Crippen molar-refractivity contribution in [3.63, 3.8) is 0 Å². The summed E-state index contributed by atoms with van der Waals surface area (Å²) in [6.07, 6.45) is 14.7. The summed E-state index contributed by atoms with van der Waals surface area (Å²) in [7, 11) is 0. The van der Waals surface area contributed by atoms with Gasteiger partial charge in [-0.1, -0.05) is 77.3 Å². The maximum absolute atomic E-state index is 10.5. The molecule has 0 fully saturated rings. The number of unbranched alkanes of at least 4 members (excludes halogenated alkanes) is 8. The average Bonchev–Trinajstić information content (AvgIpc) is 2.74. The Labute approximate surface area is 179 Å². The molecule has 0 spiro atoms. The summed E-state index contributed by atoms with van der Waals surface area (Å²) in [6, 6.07) is 5.48. The highest BCUT2D eigenvalue weighted by molar-refractivity contribution is 6.01. The lowest BCUT2D eigenvalue weighted by atomic mass is 10.0. The van der Waals surface area contributed by atoms with Crippen molar-refractivity contribution in [2.24, 2.45) is 5.34 Å². The van der Waals surface area contributed by atoms with E-state index < -0.39 is 11.9 Å². The lowest BCUT2D eigenvalue weighted by Gasteiger charge is -2.12. The first-order chi connectivity index (χ1) is 14.5. The molecule has 0 aliphatic heterocycles. The van der Waals surface area contributed by atoms with Gasteiger partial charge in [-0.05, 0) is 37.8 Å². The number of rotatable bonds is 16. The van der Waals surface area contributed by atoms with E-state index >= 15 is 0 Å². The number of carboxylic acid groups (broad SMARTS) is 2. The second-order valence-corrected chi connectivity index (χ2v) is 7.36. The van der Waals surface area contributed by atoms with E-state index in [0.717, 1.165) is 25.7 Å². The molecule has 1 aromatic rings. The van der Waals surface area contributed by atoms with E-state index in [2.05, 4.69) is 19.2 Å². The van der Waals surface area contributed by atoms with Crippen LogP contribution in [-0.4, -0.2) is 28.3 Å². The first-order valence-corrected chi connectivity index (χ1v) is 11.0. The highest BCUT2D eigenvalue weighted by Crippen LogP contribution is 2.16. The molecule has 0 amide bonds. The fourth-order valence-corrected chi connectivity index (χ4v) is 3.12. The molecule has 1 aromatic carbocycles. The van der Waals surface area contributed by atoms with Gasteiger partial charge in [-0.25, -0.2) is 9.59 Å². The van der Waals surface area contributed by atoms with Crippen molar-refractivity contribution in [1.29, 1.82) is 0 Å². The van der Waals surface area contributed by atoms with Gasteiger partial charge in [-0.15, -0.1) is 4.91 Å². The summed E-state index contributed by atoms with van der Waals surface area (Å²) >= 11 is 0. The number of carbonyl (C=O) groups is 2. The third-order valence-corrected chi connectivity index (χ3v) is 4.84. The highest BCUT2D eigenvalue weighted by atomic mass is 16.7. The van der Waals surface area contributed by atoms with Crippen LogP contribution in [0.1, 0.15) is 112 Å². The van der Waals surface area contributed by atoms with Crippen molar-refractivity contribution in [3.05, 3.63) is 40.3 Å². The SMILES string of the molecule is CCCCCCCCC(CCCCCC)ON=O.O=C(O)c1ccccc1C(=O)O. The van der Waals surface area contributed by atoms with Gasteiger partial charge in [-0.2, -0.15) is 0 Å². The molecule has 0 aromatic heterocycles. The quantitative estimate of drug-likeness (QED) is 0.171. The van der Waals surface area contributed by atoms with Gasteiger partial charge in [-0.3, -0.25) is 0 Å². The molecule has 30 heavy (non-hydrogen) atoms. The second-order valence-electron chi connectivity index (χ2n) is 7.36. The largest absolute Gasteiger partial charge is 0.478 e. The standard InChI is InChI=1S/C15H31NO2.C8H6O4/c1-3-5-7-9-10-12-14-15(18-16-17)13-11-8-6-4-2;9-7(10)5-3-1-2-4-6(5)8(11)12/h15H,3-14H2,1-2H3;1-4H,(H,9,10)(H,11,12). The molecule has 0 radical (unpaired) electrons. The van der Waals surface area contributed by atoms with Crippen LogP contribution in [0.2, 0.25) is 0 Å². The number of hydrogen-bond donors (Lipinski definition) is 2. The van der Waals surface area contributed by atoms with E-state index in [1.165, 1.54) is 75.6 Å². The van der Waals surface area contributed by atoms with Gasteiger partial charge in [0.2, 0.25) is 0 Å². The van der Waals surface area contributed by atoms with E-state index in [4.69, 9.17) is 15.1 Å². The van der Waals surface area contributed by atoms with Crippen LogP contribution in [0.25, 0.3) is 0 Å². The predicted molar refractivity (Wildman–Crippen MR) is 118 cm³/mol. The molecule has 1 atom stereocenters. The van der Waals surface area contributed by atoms with E-state index in [-0.39, 0.29) is 17.2 Å². The Morgan fingerprint density at radius 2 is 1.20 bits per heavy atom. The minimum atomic E-state index is -1.23. The Morgan fingerprint density at radius 3 is 1.60 bits per heavy atom. The molecule has 1 unspecified atom stereocenters. The van der Waals surface area contributed by atoms with E-state index in [9.17, 15) is 14.5 Å². The Morgan fingerprint density at radius 1 is 0.800 bits per heavy atom. The highest BCUT2D eigenvalue weighted by Gasteiger charge is 2.13. The first kappa shape index (κ1) is 27.6. The first-order valence-electron chi connectivity index (χ1n) is 11.0. The Balaban J connectivity index is 0.000000604. The summed E-state index contributed by atoms with van der Waals surface area (Å²) < 4.78 is 0. The van der Waals surface area contributed by atoms with E-state index in [1.54, 1.807) is 0 Å². The van der Waals surface area contributed by atoms with Crippen LogP contribution in [0, 0.1) is 4.91 Å². The van der Waals surface area contributed by atoms with Crippen LogP contribution in [0.15, 0.2) is 29.6 Å². The lowest BCUT2D eigenvalue weighted by Crippen LogP contribution is -2.09. The number of hydrogen-bond acceptors (Lipinski definition) is 5. The van der Waals surface area contributed by atoms with Crippen LogP contribution < -0.4 is 0 Å². The molecular weight excluding hydrogens is 386 g/mol. The molecule has 7 nitrogen and oxygen atoms in total. The number of aromatic carboxylic acids is 2. The summed E-state index contributed by atoms with van der Waals surface area (Å²) in [5.41, 5.74) is -0.380. The Hall–Kier alpha value is -2.44. The topological polar surface area (TPSA) is 113 Å². The fraction of sp³-hybridized carbons (Fsp3) is 0.652. The van der Waals surface area contributed by atoms with Crippen LogP contribution >= 0.6 is 0 Å². The normalized spacial score (nSPS) is 11.1. The zero-order valence-corrected chi connectivity index (χ0v) is 18.3. The Bertz CT molecular complexity index is 572. The zero-order valence-electron chi connectivity index (χ0n) is 18.3. The average molecular weight is 424 g/mol. The number of nitrogens with zero attached hydrogens (tertiary/aromatic N) is 1. The second kappa shape index (κ2) is 18.6. The summed E-state index contributed by atoms with van der Waals surface area (Å²) in [5, 5.41) is 19.7. The zero-order chi connectivity index (χ0) is 22.6. The van der Waals surface area contributed by atoms with Crippen molar-refractivity contribution in [2.45, 2.75) is 97.0 Å². The van der Waals surface area contributed by atoms with Gasteiger partial charge in [0.1, 0.15) is 6.10 Å². The maximum Gasteiger partial charge on any atom is 0.336 e. The minimum Gasteiger partial charge on any atom is -0.478 e. The van der Waals surface area contributed by atoms with Gasteiger partial charge < -0.3 is 15.1 Å². The summed E-state index contributed by atoms with van der Waals surface area (Å²) in [4.78, 5) is 36.1. The predicted octanol–water partition coefficient (Wildman–Crippen LogP) is 6.86. The number of carboxylic acids is 2. The monoisotopic (exact) mass is 423 g/mol. The van der Waals surface area contributed by atoms with Crippen molar-refractivity contribution < 1.29 is 24.6 Å². The lowest BCUT2D eigenvalue weighted by molar-refractivity contribution is 0.0396. The molecular formula is C23H37NO6. The van der Waals surface area contributed by atoms with Gasteiger partial charge in [0.25, 0.3) is 0 Å². The van der Waals surface area contributed by atoms with Crippen LogP contribution in [0.3, 0.4) is 0 Å². The summed E-state index contributed by atoms with van der Waals surface area (Å²) in [6.45, 7) is 4.44. The van der Waals surface area contributed by atoms with Crippen molar-refractivity contribution >= 4 is 11.9 Å². The molecule has 0 aliphatic carbocycles. The van der Waals surface area contributed by atoms with E-state index in [1.807, 2.05) is 0 Å². The molecule has 0 bridgehead atoms. The molecule has 1 rings (SSSR count). The molecule has 2 N–H and O–H groups in total. The van der Waals surface area contributed by atoms with Crippen LogP contribution in [0.4, 0.5) is 0 Å². The molecule has 170 valence electrons. The molecule has 0 aliphatic rings. The maximum atomic E-state index is 10.5. The molecule has 0 saturated heterocycles. The van der Waals surface area contributed by atoms with Gasteiger partial charge in [0.05, 0.1) is 11.1 Å². The van der Waals surface area contributed by atoms with E-state index in [0.29, 0.717) is 0 Å². The third kappa shape index (κ3) is 13.7. The minimum absolute atomic E-state index is 0.0607.